The highest BCUT2D eigenvalue weighted by molar-refractivity contribution is 7.85. The van der Waals surface area contributed by atoms with Gasteiger partial charge >= 0.3 is 0 Å². The van der Waals surface area contributed by atoms with E-state index in [0.717, 1.165) is 49.1 Å². The van der Waals surface area contributed by atoms with E-state index in [1.807, 2.05) is 19.2 Å². The number of anilines is 2. The molecule has 0 aromatic heterocycles. The molecule has 1 atom stereocenters. The first kappa shape index (κ1) is 17.4. The van der Waals surface area contributed by atoms with Crippen molar-refractivity contribution in [2.24, 2.45) is 0 Å². The van der Waals surface area contributed by atoms with Crippen LogP contribution in [-0.2, 0) is 17.3 Å². The Morgan fingerprint density at radius 3 is 2.46 bits per heavy atom. The fourth-order valence-corrected chi connectivity index (χ4v) is 5.05. The molecule has 0 radical (unpaired) electrons. The molecular formula is C20H25N3O2S. The zero-order valence-electron chi connectivity index (χ0n) is 15.4. The van der Waals surface area contributed by atoms with Gasteiger partial charge in [0.1, 0.15) is 5.75 Å². The lowest BCUT2D eigenvalue weighted by Crippen LogP contribution is -2.45. The van der Waals surface area contributed by atoms with Gasteiger partial charge in [-0.3, -0.25) is 9.11 Å². The third-order valence-corrected chi connectivity index (χ3v) is 6.65. The first-order chi connectivity index (χ1) is 12.6. The highest BCUT2D eigenvalue weighted by atomic mass is 32.2. The molecule has 5 nitrogen and oxygen atoms in total. The van der Waals surface area contributed by atoms with E-state index < -0.39 is 10.8 Å². The van der Waals surface area contributed by atoms with E-state index in [4.69, 9.17) is 4.74 Å². The Morgan fingerprint density at radius 1 is 1.04 bits per heavy atom. The average Bonchev–Trinajstić information content (AvgIpc) is 2.96. The van der Waals surface area contributed by atoms with Crippen molar-refractivity contribution in [1.29, 1.82) is 0 Å². The van der Waals surface area contributed by atoms with Crippen LogP contribution in [-0.4, -0.2) is 55.3 Å². The molecule has 0 bridgehead atoms. The van der Waals surface area contributed by atoms with Gasteiger partial charge in [-0.05, 0) is 42.0 Å². The lowest BCUT2D eigenvalue weighted by Gasteiger charge is -2.36. The zero-order valence-corrected chi connectivity index (χ0v) is 16.2. The van der Waals surface area contributed by atoms with Gasteiger partial charge in [-0.1, -0.05) is 6.07 Å². The van der Waals surface area contributed by atoms with Crippen molar-refractivity contribution in [2.45, 2.75) is 11.4 Å². The number of rotatable bonds is 4. The second kappa shape index (κ2) is 7.29. The van der Waals surface area contributed by atoms with Crippen molar-refractivity contribution in [3.05, 3.63) is 48.0 Å². The van der Waals surface area contributed by atoms with Crippen molar-refractivity contribution in [2.75, 3.05) is 56.0 Å². The Bertz CT molecular complexity index is 801. The number of hydrogen-bond acceptors (Lipinski definition) is 5. The Hall–Kier alpha value is -2.05. The first-order valence-corrected chi connectivity index (χ1v) is 10.3. The number of ether oxygens (including phenoxy) is 1. The molecule has 26 heavy (non-hydrogen) atoms. The average molecular weight is 372 g/mol. The maximum Gasteiger partial charge on any atom is 0.119 e. The molecule has 4 rings (SSSR count). The number of hydrogen-bond donors (Lipinski definition) is 0. The van der Waals surface area contributed by atoms with Crippen LogP contribution in [0.3, 0.4) is 0 Å². The fourth-order valence-electron chi connectivity index (χ4n) is 3.68. The van der Waals surface area contributed by atoms with Crippen LogP contribution in [0.25, 0.3) is 0 Å². The Balaban J connectivity index is 1.37. The smallest absolute Gasteiger partial charge is 0.119 e. The summed E-state index contributed by atoms with van der Waals surface area (Å²) in [6, 6.07) is 14.7. The van der Waals surface area contributed by atoms with Gasteiger partial charge in [0.15, 0.2) is 0 Å². The van der Waals surface area contributed by atoms with Crippen LogP contribution in [0.4, 0.5) is 11.4 Å². The highest BCUT2D eigenvalue weighted by Crippen LogP contribution is 2.31. The molecule has 2 aromatic rings. The lowest BCUT2D eigenvalue weighted by atomic mass is 10.1. The minimum Gasteiger partial charge on any atom is -0.497 e. The SMILES string of the molecule is COc1ccc(N2CCN(Cc3ccc4c(c3)S(=O)CN4C)CC2)cc1. The maximum atomic E-state index is 12.2. The summed E-state index contributed by atoms with van der Waals surface area (Å²) in [7, 11) is 2.81. The summed E-state index contributed by atoms with van der Waals surface area (Å²) in [6.45, 7) is 5.03. The van der Waals surface area contributed by atoms with Gasteiger partial charge in [-0.25, -0.2) is 0 Å². The number of nitrogens with zero attached hydrogens (tertiary/aromatic N) is 3. The van der Waals surface area contributed by atoms with Gasteiger partial charge in [0.2, 0.25) is 0 Å². The zero-order chi connectivity index (χ0) is 18.1. The van der Waals surface area contributed by atoms with Crippen LogP contribution in [0.5, 0.6) is 5.75 Å². The molecule has 6 heteroatoms. The van der Waals surface area contributed by atoms with Gasteiger partial charge in [0.25, 0.3) is 0 Å². The highest BCUT2D eigenvalue weighted by Gasteiger charge is 2.23. The topological polar surface area (TPSA) is 36.0 Å². The molecule has 138 valence electrons. The Kier molecular flexibility index (Phi) is 4.87. The summed E-state index contributed by atoms with van der Waals surface area (Å²) in [4.78, 5) is 7.95. The molecule has 2 heterocycles. The molecule has 2 aliphatic rings. The lowest BCUT2D eigenvalue weighted by molar-refractivity contribution is 0.249. The van der Waals surface area contributed by atoms with Gasteiger partial charge in [-0.15, -0.1) is 0 Å². The molecule has 2 aliphatic heterocycles. The van der Waals surface area contributed by atoms with E-state index in [0.29, 0.717) is 5.88 Å². The quantitative estimate of drug-likeness (QED) is 0.825. The monoisotopic (exact) mass is 371 g/mol. The first-order valence-electron chi connectivity index (χ1n) is 8.98. The van der Waals surface area contributed by atoms with E-state index in [1.165, 1.54) is 11.3 Å². The van der Waals surface area contributed by atoms with Crippen molar-refractivity contribution < 1.29 is 8.95 Å². The summed E-state index contributed by atoms with van der Waals surface area (Å²) in [6.07, 6.45) is 0. The summed E-state index contributed by atoms with van der Waals surface area (Å²) >= 11 is 0. The van der Waals surface area contributed by atoms with Gasteiger partial charge < -0.3 is 14.5 Å². The molecule has 1 unspecified atom stereocenters. The third kappa shape index (κ3) is 3.44. The minimum atomic E-state index is -0.889. The van der Waals surface area contributed by atoms with Gasteiger partial charge in [0, 0.05) is 45.5 Å². The molecule has 0 aliphatic carbocycles. The van der Waals surface area contributed by atoms with Crippen molar-refractivity contribution >= 4 is 22.2 Å². The van der Waals surface area contributed by atoms with E-state index in [1.54, 1.807) is 7.11 Å². The van der Waals surface area contributed by atoms with Gasteiger partial charge in [0.05, 0.1) is 34.4 Å². The number of benzene rings is 2. The second-order valence-corrected chi connectivity index (χ2v) is 8.32. The Labute approximate surface area is 157 Å². The number of methoxy groups -OCH3 is 1. The van der Waals surface area contributed by atoms with E-state index >= 15 is 0 Å². The molecule has 2 aromatic carbocycles. The summed E-state index contributed by atoms with van der Waals surface area (Å²) in [5.74, 6) is 1.51. The van der Waals surface area contributed by atoms with Crippen LogP contribution in [0, 0.1) is 0 Å². The van der Waals surface area contributed by atoms with Crippen LogP contribution in [0.1, 0.15) is 5.56 Å². The van der Waals surface area contributed by atoms with Gasteiger partial charge in [-0.2, -0.15) is 0 Å². The van der Waals surface area contributed by atoms with E-state index in [-0.39, 0.29) is 0 Å². The molecule has 0 N–H and O–H groups in total. The standard InChI is InChI=1S/C20H25N3O2S/c1-21-15-26(24)20-13-16(3-8-19(20)21)14-22-9-11-23(12-10-22)17-4-6-18(25-2)7-5-17/h3-8,13H,9-12,14-15H2,1-2H3. The van der Waals surface area contributed by atoms with E-state index in [9.17, 15) is 4.21 Å². The van der Waals surface area contributed by atoms with Crippen LogP contribution in [0.15, 0.2) is 47.4 Å². The van der Waals surface area contributed by atoms with Crippen LogP contribution < -0.4 is 14.5 Å². The molecule has 0 saturated carbocycles. The van der Waals surface area contributed by atoms with Crippen LogP contribution in [0.2, 0.25) is 0 Å². The predicted octanol–water partition coefficient (Wildman–Crippen LogP) is 2.53. The van der Waals surface area contributed by atoms with E-state index in [2.05, 4.69) is 45.0 Å². The molecule has 1 saturated heterocycles. The van der Waals surface area contributed by atoms with Crippen molar-refractivity contribution in [1.82, 2.24) is 4.90 Å². The third-order valence-electron chi connectivity index (χ3n) is 5.21. The summed E-state index contributed by atoms with van der Waals surface area (Å²) in [5, 5.41) is 0. The van der Waals surface area contributed by atoms with Crippen LogP contribution >= 0.6 is 0 Å². The largest absolute Gasteiger partial charge is 0.497 e. The summed E-state index contributed by atoms with van der Waals surface area (Å²) in [5.41, 5.74) is 3.61. The minimum absolute atomic E-state index is 0.610. The number of fused-ring (bicyclic) bond motifs is 1. The normalized spacial score (nSPS) is 20.3. The molecule has 0 amide bonds. The summed E-state index contributed by atoms with van der Waals surface area (Å²) < 4.78 is 17.4. The number of piperazine rings is 1. The van der Waals surface area contributed by atoms with Crippen molar-refractivity contribution in [3.63, 3.8) is 0 Å². The fraction of sp³-hybridized carbons (Fsp3) is 0.400. The molecule has 1 fully saturated rings. The maximum absolute atomic E-state index is 12.2. The molecular weight excluding hydrogens is 346 g/mol. The predicted molar refractivity (Wildman–Crippen MR) is 107 cm³/mol. The molecule has 0 spiro atoms. The Morgan fingerprint density at radius 2 is 1.77 bits per heavy atom. The van der Waals surface area contributed by atoms with Crippen molar-refractivity contribution in [3.8, 4) is 5.75 Å². The second-order valence-electron chi connectivity index (χ2n) is 6.94.